The van der Waals surface area contributed by atoms with E-state index in [0.29, 0.717) is 30.9 Å². The van der Waals surface area contributed by atoms with Crippen molar-refractivity contribution in [1.82, 2.24) is 4.57 Å². The number of pyridine rings is 1. The topological polar surface area (TPSA) is 55.0 Å². The monoisotopic (exact) mass is 268 g/mol. The van der Waals surface area contributed by atoms with Crippen molar-refractivity contribution in [1.29, 1.82) is 5.26 Å². The molecule has 0 aliphatic heterocycles. The molecule has 102 valence electrons. The fourth-order valence-corrected chi connectivity index (χ4v) is 2.00. The molecule has 20 heavy (non-hydrogen) atoms. The van der Waals surface area contributed by atoms with E-state index in [2.05, 4.69) is 6.07 Å². The number of hydrogen-bond donors (Lipinski definition) is 0. The summed E-state index contributed by atoms with van der Waals surface area (Å²) in [4.78, 5) is 11.7. The first kappa shape index (κ1) is 13.9. The lowest BCUT2D eigenvalue weighted by Gasteiger charge is -2.10. The third-order valence-corrected chi connectivity index (χ3v) is 3.06. The average molecular weight is 268 g/mol. The molecule has 4 heteroatoms. The standard InChI is InChI=1S/C16H16N2O2/c1-13-6-4-9-16(19)18(13)10-5-11-20-15-8-3-2-7-14(15)12-17/h2-4,6-9H,5,10-11H2,1H3. The van der Waals surface area contributed by atoms with Crippen LogP contribution in [0.1, 0.15) is 17.7 Å². The Kier molecular flexibility index (Phi) is 4.56. The SMILES string of the molecule is Cc1cccc(=O)n1CCCOc1ccccc1C#N. The van der Waals surface area contributed by atoms with Crippen LogP contribution >= 0.6 is 0 Å². The molecule has 0 amide bonds. The molecule has 0 unspecified atom stereocenters. The van der Waals surface area contributed by atoms with Crippen LogP contribution in [0.15, 0.2) is 47.3 Å². The second kappa shape index (κ2) is 6.58. The lowest BCUT2D eigenvalue weighted by molar-refractivity contribution is 0.299. The Morgan fingerprint density at radius 3 is 2.75 bits per heavy atom. The summed E-state index contributed by atoms with van der Waals surface area (Å²) in [6.45, 7) is 2.99. The lowest BCUT2D eigenvalue weighted by atomic mass is 10.2. The number of para-hydroxylation sites is 1. The van der Waals surface area contributed by atoms with Gasteiger partial charge in [0.15, 0.2) is 0 Å². The van der Waals surface area contributed by atoms with Gasteiger partial charge in [-0.2, -0.15) is 5.26 Å². The second-order valence-electron chi connectivity index (χ2n) is 4.47. The minimum Gasteiger partial charge on any atom is -0.492 e. The summed E-state index contributed by atoms with van der Waals surface area (Å²) in [5, 5.41) is 8.95. The van der Waals surface area contributed by atoms with Gasteiger partial charge < -0.3 is 9.30 Å². The average Bonchev–Trinajstić information content (AvgIpc) is 2.46. The van der Waals surface area contributed by atoms with Crippen LogP contribution in [0.25, 0.3) is 0 Å². The van der Waals surface area contributed by atoms with Gasteiger partial charge in [-0.05, 0) is 31.5 Å². The Morgan fingerprint density at radius 1 is 1.20 bits per heavy atom. The van der Waals surface area contributed by atoms with Crippen molar-refractivity contribution in [2.24, 2.45) is 0 Å². The van der Waals surface area contributed by atoms with Crippen molar-refractivity contribution in [3.05, 3.63) is 64.1 Å². The molecule has 1 aromatic heterocycles. The van der Waals surface area contributed by atoms with Crippen LogP contribution in [0.2, 0.25) is 0 Å². The van der Waals surface area contributed by atoms with E-state index in [0.717, 1.165) is 5.69 Å². The molecule has 1 heterocycles. The number of hydrogen-bond acceptors (Lipinski definition) is 3. The molecule has 0 saturated heterocycles. The maximum atomic E-state index is 11.7. The van der Waals surface area contributed by atoms with Crippen molar-refractivity contribution in [2.45, 2.75) is 19.9 Å². The largest absolute Gasteiger partial charge is 0.492 e. The van der Waals surface area contributed by atoms with Crippen LogP contribution in [0.5, 0.6) is 5.75 Å². The van der Waals surface area contributed by atoms with Gasteiger partial charge in [0.2, 0.25) is 0 Å². The molecule has 0 radical (unpaired) electrons. The van der Waals surface area contributed by atoms with E-state index < -0.39 is 0 Å². The molecule has 0 fully saturated rings. The first-order chi connectivity index (χ1) is 9.72. The van der Waals surface area contributed by atoms with E-state index in [-0.39, 0.29) is 5.56 Å². The third kappa shape index (κ3) is 3.27. The fraction of sp³-hybridized carbons (Fsp3) is 0.250. The summed E-state index contributed by atoms with van der Waals surface area (Å²) in [6, 6.07) is 14.5. The molecule has 0 N–H and O–H groups in total. The zero-order chi connectivity index (χ0) is 14.4. The lowest BCUT2D eigenvalue weighted by Crippen LogP contribution is -2.21. The number of aryl methyl sites for hydroxylation is 1. The summed E-state index contributed by atoms with van der Waals surface area (Å²) in [6.07, 6.45) is 0.713. The number of nitriles is 1. The number of nitrogens with zero attached hydrogens (tertiary/aromatic N) is 2. The van der Waals surface area contributed by atoms with Gasteiger partial charge in [-0.25, -0.2) is 0 Å². The van der Waals surface area contributed by atoms with E-state index in [1.54, 1.807) is 34.9 Å². The molecular weight excluding hydrogens is 252 g/mol. The van der Waals surface area contributed by atoms with Crippen LogP contribution in [0.4, 0.5) is 0 Å². The maximum absolute atomic E-state index is 11.7. The number of ether oxygens (including phenoxy) is 1. The van der Waals surface area contributed by atoms with Gasteiger partial charge in [-0.1, -0.05) is 18.2 Å². The summed E-state index contributed by atoms with van der Waals surface area (Å²) in [7, 11) is 0. The van der Waals surface area contributed by atoms with Gasteiger partial charge in [0.25, 0.3) is 5.56 Å². The molecule has 0 spiro atoms. The zero-order valence-corrected chi connectivity index (χ0v) is 11.4. The highest BCUT2D eigenvalue weighted by molar-refractivity contribution is 5.42. The van der Waals surface area contributed by atoms with E-state index >= 15 is 0 Å². The van der Waals surface area contributed by atoms with Crippen LogP contribution in [-0.2, 0) is 6.54 Å². The molecule has 2 aromatic rings. The van der Waals surface area contributed by atoms with Crippen molar-refractivity contribution in [2.75, 3.05) is 6.61 Å². The zero-order valence-electron chi connectivity index (χ0n) is 11.4. The normalized spacial score (nSPS) is 10.0. The third-order valence-electron chi connectivity index (χ3n) is 3.06. The van der Waals surface area contributed by atoms with E-state index in [1.807, 2.05) is 19.1 Å². The van der Waals surface area contributed by atoms with Crippen LogP contribution in [-0.4, -0.2) is 11.2 Å². The molecular formula is C16H16N2O2. The summed E-state index contributed by atoms with van der Waals surface area (Å²) in [5.41, 5.74) is 1.47. The highest BCUT2D eigenvalue weighted by Crippen LogP contribution is 2.16. The highest BCUT2D eigenvalue weighted by atomic mass is 16.5. The molecule has 0 bridgehead atoms. The first-order valence-electron chi connectivity index (χ1n) is 6.51. The predicted octanol–water partition coefficient (Wildman–Crippen LogP) is 2.50. The smallest absolute Gasteiger partial charge is 0.250 e. The fourth-order valence-electron chi connectivity index (χ4n) is 2.00. The van der Waals surface area contributed by atoms with Gasteiger partial charge in [0.1, 0.15) is 11.8 Å². The van der Waals surface area contributed by atoms with Crippen LogP contribution < -0.4 is 10.3 Å². The van der Waals surface area contributed by atoms with E-state index in [9.17, 15) is 4.79 Å². The molecule has 1 aromatic carbocycles. The van der Waals surface area contributed by atoms with Crippen molar-refractivity contribution < 1.29 is 4.74 Å². The Hall–Kier alpha value is -2.54. The van der Waals surface area contributed by atoms with E-state index in [1.165, 1.54) is 0 Å². The van der Waals surface area contributed by atoms with Gasteiger partial charge >= 0.3 is 0 Å². The van der Waals surface area contributed by atoms with Crippen molar-refractivity contribution in [3.8, 4) is 11.8 Å². The first-order valence-corrected chi connectivity index (χ1v) is 6.51. The Balaban J connectivity index is 1.92. The molecule has 2 rings (SSSR count). The predicted molar refractivity (Wildman–Crippen MR) is 76.7 cm³/mol. The second-order valence-corrected chi connectivity index (χ2v) is 4.47. The molecule has 0 saturated carbocycles. The highest BCUT2D eigenvalue weighted by Gasteiger charge is 2.02. The molecule has 4 nitrogen and oxygen atoms in total. The Morgan fingerprint density at radius 2 is 2.00 bits per heavy atom. The number of rotatable bonds is 5. The summed E-state index contributed by atoms with van der Waals surface area (Å²) < 4.78 is 7.31. The molecule has 0 aliphatic carbocycles. The minimum absolute atomic E-state index is 0.00225. The number of benzene rings is 1. The van der Waals surface area contributed by atoms with E-state index in [4.69, 9.17) is 10.00 Å². The Labute approximate surface area is 117 Å². The van der Waals surface area contributed by atoms with Crippen LogP contribution in [0.3, 0.4) is 0 Å². The summed E-state index contributed by atoms with van der Waals surface area (Å²) >= 11 is 0. The van der Waals surface area contributed by atoms with Gasteiger partial charge in [0.05, 0.1) is 12.2 Å². The van der Waals surface area contributed by atoms with Gasteiger partial charge in [0, 0.05) is 18.3 Å². The van der Waals surface area contributed by atoms with Gasteiger partial charge in [-0.15, -0.1) is 0 Å². The maximum Gasteiger partial charge on any atom is 0.250 e. The molecule has 0 atom stereocenters. The number of aromatic nitrogens is 1. The quantitative estimate of drug-likeness (QED) is 0.783. The van der Waals surface area contributed by atoms with Crippen LogP contribution in [0, 0.1) is 18.3 Å². The Bertz CT molecular complexity index is 683. The van der Waals surface area contributed by atoms with Gasteiger partial charge in [-0.3, -0.25) is 4.79 Å². The molecule has 0 aliphatic rings. The summed E-state index contributed by atoms with van der Waals surface area (Å²) in [5.74, 6) is 0.590. The van der Waals surface area contributed by atoms with Crippen molar-refractivity contribution >= 4 is 0 Å². The van der Waals surface area contributed by atoms with Crippen molar-refractivity contribution in [3.63, 3.8) is 0 Å². The minimum atomic E-state index is 0.00225.